The number of halogens is 1. The molecule has 1 aromatic carbocycles. The maximum atomic E-state index is 12.6. The second kappa shape index (κ2) is 9.64. The van der Waals surface area contributed by atoms with Gasteiger partial charge in [0.15, 0.2) is 0 Å². The lowest BCUT2D eigenvalue weighted by Crippen LogP contribution is -2.54. The minimum atomic E-state index is -1.21. The first-order chi connectivity index (χ1) is 10.6. The minimum Gasteiger partial charge on any atom is -0.461 e. The molecule has 0 heterocycles. The van der Waals surface area contributed by atoms with Crippen LogP contribution in [0.5, 0.6) is 0 Å². The Balaban J connectivity index is 0.00000529. The van der Waals surface area contributed by atoms with E-state index in [1.165, 1.54) is 0 Å². The molecule has 0 radical (unpaired) electrons. The Morgan fingerprint density at radius 1 is 1.17 bits per heavy atom. The van der Waals surface area contributed by atoms with Gasteiger partial charge in [0.05, 0.1) is 6.10 Å². The number of nitrogens with two attached hydrogens (primary N) is 1. The van der Waals surface area contributed by atoms with Gasteiger partial charge in [-0.15, -0.1) is 12.4 Å². The van der Waals surface area contributed by atoms with Crippen LogP contribution in [0.4, 0.5) is 0 Å². The van der Waals surface area contributed by atoms with Crippen molar-refractivity contribution in [3.8, 4) is 0 Å². The maximum absolute atomic E-state index is 12.6. The number of hydrogen-bond acceptors (Lipinski definition) is 4. The molecule has 0 aromatic heterocycles. The SMILES string of the molecule is CC(C)C[C@H](NC(=O)C(C)(N)c1ccccc1)C(=O)OC(C)C.Cl. The summed E-state index contributed by atoms with van der Waals surface area (Å²) in [6.07, 6.45) is 0.273. The first-order valence-corrected chi connectivity index (χ1v) is 8.00. The van der Waals surface area contributed by atoms with E-state index in [1.54, 1.807) is 32.9 Å². The molecule has 24 heavy (non-hydrogen) atoms. The Labute approximate surface area is 150 Å². The molecule has 0 saturated heterocycles. The summed E-state index contributed by atoms with van der Waals surface area (Å²) >= 11 is 0. The summed E-state index contributed by atoms with van der Waals surface area (Å²) in [5.74, 6) is -0.582. The molecule has 0 bridgehead atoms. The van der Waals surface area contributed by atoms with Crippen molar-refractivity contribution in [1.82, 2.24) is 5.32 Å². The van der Waals surface area contributed by atoms with Crippen LogP contribution < -0.4 is 11.1 Å². The number of ether oxygens (including phenoxy) is 1. The van der Waals surface area contributed by atoms with Crippen molar-refractivity contribution in [2.45, 2.75) is 58.7 Å². The van der Waals surface area contributed by atoms with Gasteiger partial charge in [-0.05, 0) is 38.7 Å². The molecule has 0 spiro atoms. The lowest BCUT2D eigenvalue weighted by molar-refractivity contribution is -0.152. The summed E-state index contributed by atoms with van der Waals surface area (Å²) in [7, 11) is 0. The third-order valence-corrected chi connectivity index (χ3v) is 3.49. The molecule has 136 valence electrons. The van der Waals surface area contributed by atoms with Gasteiger partial charge < -0.3 is 15.8 Å². The second-order valence-electron chi connectivity index (χ2n) is 6.71. The minimum absolute atomic E-state index is 0. The van der Waals surface area contributed by atoms with E-state index in [2.05, 4.69) is 5.32 Å². The van der Waals surface area contributed by atoms with Crippen LogP contribution >= 0.6 is 12.4 Å². The molecule has 1 aromatic rings. The normalized spacial score (nSPS) is 14.5. The fourth-order valence-corrected chi connectivity index (χ4v) is 2.22. The summed E-state index contributed by atoms with van der Waals surface area (Å²) in [5, 5.41) is 2.75. The quantitative estimate of drug-likeness (QED) is 0.736. The zero-order valence-corrected chi connectivity index (χ0v) is 15.9. The first kappa shape index (κ1) is 22.4. The highest BCUT2D eigenvalue weighted by atomic mass is 35.5. The number of nitrogens with one attached hydrogen (secondary N) is 1. The fraction of sp³-hybridized carbons (Fsp3) is 0.556. The summed E-state index contributed by atoms with van der Waals surface area (Å²) in [6.45, 7) is 9.17. The maximum Gasteiger partial charge on any atom is 0.328 e. The van der Waals surface area contributed by atoms with Crippen LogP contribution in [0.3, 0.4) is 0 Å². The van der Waals surface area contributed by atoms with E-state index < -0.39 is 23.5 Å². The van der Waals surface area contributed by atoms with Gasteiger partial charge in [-0.25, -0.2) is 4.79 Å². The molecule has 1 amide bonds. The number of rotatable bonds is 7. The van der Waals surface area contributed by atoms with Crippen LogP contribution in [0.2, 0.25) is 0 Å². The van der Waals surface area contributed by atoms with Crippen molar-refractivity contribution >= 4 is 24.3 Å². The van der Waals surface area contributed by atoms with Crippen molar-refractivity contribution in [3.05, 3.63) is 35.9 Å². The van der Waals surface area contributed by atoms with Gasteiger partial charge in [-0.2, -0.15) is 0 Å². The molecule has 0 fully saturated rings. The number of esters is 1. The predicted octanol–water partition coefficient (Wildman–Crippen LogP) is 2.76. The lowest BCUT2D eigenvalue weighted by atomic mass is 9.91. The molecule has 6 heteroatoms. The van der Waals surface area contributed by atoms with Crippen LogP contribution in [0.15, 0.2) is 30.3 Å². The molecule has 0 aliphatic carbocycles. The Morgan fingerprint density at radius 2 is 1.71 bits per heavy atom. The molecule has 0 aliphatic heterocycles. The Morgan fingerprint density at radius 3 is 2.17 bits per heavy atom. The van der Waals surface area contributed by atoms with E-state index in [9.17, 15) is 9.59 Å². The van der Waals surface area contributed by atoms with E-state index in [1.807, 2.05) is 32.0 Å². The summed E-state index contributed by atoms with van der Waals surface area (Å²) in [4.78, 5) is 24.8. The molecule has 2 atom stereocenters. The van der Waals surface area contributed by atoms with E-state index in [4.69, 9.17) is 10.5 Å². The van der Waals surface area contributed by atoms with Gasteiger partial charge >= 0.3 is 5.97 Å². The van der Waals surface area contributed by atoms with Crippen molar-refractivity contribution in [3.63, 3.8) is 0 Å². The molecule has 3 N–H and O–H groups in total. The standard InChI is InChI=1S/C18H28N2O3.ClH/c1-12(2)11-15(16(21)23-13(3)4)20-17(22)18(5,19)14-9-7-6-8-10-14;/h6-10,12-13,15H,11,19H2,1-5H3,(H,20,22);1H/t15-,18?;/m0./s1. The fourth-order valence-electron chi connectivity index (χ4n) is 2.22. The topological polar surface area (TPSA) is 81.4 Å². The van der Waals surface area contributed by atoms with Crippen LogP contribution in [-0.2, 0) is 19.9 Å². The molecular formula is C18H29ClN2O3. The van der Waals surface area contributed by atoms with Crippen molar-refractivity contribution < 1.29 is 14.3 Å². The number of amides is 1. The summed E-state index contributed by atoms with van der Waals surface area (Å²) in [6, 6.07) is 8.40. The van der Waals surface area contributed by atoms with Crippen molar-refractivity contribution in [2.75, 3.05) is 0 Å². The smallest absolute Gasteiger partial charge is 0.328 e. The van der Waals surface area contributed by atoms with Gasteiger partial charge in [0.1, 0.15) is 11.6 Å². The average Bonchev–Trinajstić information content (AvgIpc) is 2.46. The number of carbonyl (C=O) groups excluding carboxylic acids is 2. The van der Waals surface area contributed by atoms with Crippen LogP contribution in [0.1, 0.15) is 46.6 Å². The highest BCUT2D eigenvalue weighted by molar-refractivity contribution is 5.91. The Kier molecular flexibility index (Phi) is 9.01. The zero-order chi connectivity index (χ0) is 17.6. The van der Waals surface area contributed by atoms with E-state index >= 15 is 0 Å². The third-order valence-electron chi connectivity index (χ3n) is 3.49. The monoisotopic (exact) mass is 356 g/mol. The van der Waals surface area contributed by atoms with Crippen molar-refractivity contribution in [2.24, 2.45) is 11.7 Å². The lowest BCUT2D eigenvalue weighted by Gasteiger charge is -2.28. The van der Waals surface area contributed by atoms with Gasteiger partial charge in [0, 0.05) is 0 Å². The highest BCUT2D eigenvalue weighted by Gasteiger charge is 2.34. The molecule has 5 nitrogen and oxygen atoms in total. The first-order valence-electron chi connectivity index (χ1n) is 8.00. The molecule has 0 aliphatic rings. The molecule has 0 saturated carbocycles. The van der Waals surface area contributed by atoms with Gasteiger partial charge in [-0.1, -0.05) is 44.2 Å². The number of carbonyl (C=O) groups is 2. The van der Waals surface area contributed by atoms with Crippen molar-refractivity contribution in [1.29, 1.82) is 0 Å². The van der Waals surface area contributed by atoms with Gasteiger partial charge in [0.25, 0.3) is 0 Å². The number of benzene rings is 1. The highest BCUT2D eigenvalue weighted by Crippen LogP contribution is 2.18. The number of hydrogen-bond donors (Lipinski definition) is 2. The third kappa shape index (κ3) is 6.49. The van der Waals surface area contributed by atoms with E-state index in [-0.39, 0.29) is 24.4 Å². The second-order valence-corrected chi connectivity index (χ2v) is 6.71. The Bertz CT molecular complexity index is 530. The zero-order valence-electron chi connectivity index (χ0n) is 15.0. The molecular weight excluding hydrogens is 328 g/mol. The largest absolute Gasteiger partial charge is 0.461 e. The van der Waals surface area contributed by atoms with E-state index in [0.29, 0.717) is 12.0 Å². The predicted molar refractivity (Wildman–Crippen MR) is 97.8 cm³/mol. The molecule has 1 unspecified atom stereocenters. The van der Waals surface area contributed by atoms with Gasteiger partial charge in [-0.3, -0.25) is 4.79 Å². The average molecular weight is 357 g/mol. The van der Waals surface area contributed by atoms with Crippen LogP contribution in [0.25, 0.3) is 0 Å². The van der Waals surface area contributed by atoms with Crippen LogP contribution in [-0.4, -0.2) is 24.0 Å². The van der Waals surface area contributed by atoms with Gasteiger partial charge in [0.2, 0.25) is 5.91 Å². The molecule has 1 rings (SSSR count). The Hall–Kier alpha value is -1.59. The van der Waals surface area contributed by atoms with Crippen LogP contribution in [0, 0.1) is 5.92 Å². The summed E-state index contributed by atoms with van der Waals surface area (Å²) in [5.41, 5.74) is 5.68. The van der Waals surface area contributed by atoms with E-state index in [0.717, 1.165) is 0 Å². The summed E-state index contributed by atoms with van der Waals surface area (Å²) < 4.78 is 5.24.